The molecule has 154 valence electrons. The van der Waals surface area contributed by atoms with E-state index in [1.165, 1.54) is 4.90 Å². The number of aryl methyl sites for hydroxylation is 1. The number of hydrogen-bond donors (Lipinski definition) is 1. The second kappa shape index (κ2) is 8.28. The van der Waals surface area contributed by atoms with Crippen LogP contribution in [0.5, 0.6) is 0 Å². The Balaban J connectivity index is 1.61. The molecular formula is C24H18BrN3O3. The van der Waals surface area contributed by atoms with E-state index in [9.17, 15) is 14.4 Å². The van der Waals surface area contributed by atoms with Crippen molar-refractivity contribution in [1.82, 2.24) is 4.90 Å². The summed E-state index contributed by atoms with van der Waals surface area (Å²) in [5, 5.41) is 0. The molecule has 0 spiro atoms. The van der Waals surface area contributed by atoms with Gasteiger partial charge in [0.15, 0.2) is 0 Å². The van der Waals surface area contributed by atoms with Crippen LogP contribution in [0.15, 0.2) is 76.2 Å². The summed E-state index contributed by atoms with van der Waals surface area (Å²) in [5.74, 6) is -1.05. The van der Waals surface area contributed by atoms with Gasteiger partial charge in [-0.2, -0.15) is 4.99 Å². The quantitative estimate of drug-likeness (QED) is 0.349. The van der Waals surface area contributed by atoms with Crippen LogP contribution in [0.4, 0.5) is 0 Å². The smallest absolute Gasteiger partial charge is 0.279 e. The lowest BCUT2D eigenvalue weighted by molar-refractivity contribution is 0.0641. The Labute approximate surface area is 187 Å². The molecule has 0 radical (unpaired) electrons. The minimum atomic E-state index is -0.430. The highest BCUT2D eigenvalue weighted by Crippen LogP contribution is 2.27. The molecule has 1 aliphatic heterocycles. The Hall–Kier alpha value is -3.58. The topological polar surface area (TPSA) is 92.8 Å². The van der Waals surface area contributed by atoms with Gasteiger partial charge in [-0.3, -0.25) is 19.3 Å². The van der Waals surface area contributed by atoms with E-state index in [0.717, 1.165) is 5.56 Å². The van der Waals surface area contributed by atoms with Gasteiger partial charge >= 0.3 is 0 Å². The van der Waals surface area contributed by atoms with Crippen molar-refractivity contribution in [2.24, 2.45) is 10.7 Å². The van der Waals surface area contributed by atoms with Gasteiger partial charge in [0.1, 0.15) is 5.84 Å². The van der Waals surface area contributed by atoms with Crippen LogP contribution in [0.3, 0.4) is 0 Å². The van der Waals surface area contributed by atoms with Crippen molar-refractivity contribution in [3.8, 4) is 0 Å². The molecule has 0 aliphatic carbocycles. The molecule has 0 unspecified atom stereocenters. The summed E-state index contributed by atoms with van der Waals surface area (Å²) >= 11 is 3.46. The molecule has 3 aromatic carbocycles. The number of carbonyl (C=O) groups is 3. The van der Waals surface area contributed by atoms with Crippen molar-refractivity contribution in [2.45, 2.75) is 13.5 Å². The zero-order valence-electron chi connectivity index (χ0n) is 16.6. The second-order valence-corrected chi connectivity index (χ2v) is 8.02. The zero-order chi connectivity index (χ0) is 22.1. The molecule has 6 nitrogen and oxygen atoms in total. The third-order valence-corrected chi connectivity index (χ3v) is 5.92. The van der Waals surface area contributed by atoms with Crippen LogP contribution in [0, 0.1) is 6.92 Å². The van der Waals surface area contributed by atoms with Gasteiger partial charge in [-0.25, -0.2) is 0 Å². The molecular weight excluding hydrogens is 458 g/mol. The predicted molar refractivity (Wildman–Crippen MR) is 121 cm³/mol. The number of rotatable bonds is 4. The number of benzene rings is 3. The molecule has 0 saturated carbocycles. The Morgan fingerprint density at radius 2 is 1.58 bits per heavy atom. The van der Waals surface area contributed by atoms with Gasteiger partial charge in [0, 0.05) is 15.6 Å². The second-order valence-electron chi connectivity index (χ2n) is 7.17. The van der Waals surface area contributed by atoms with Gasteiger partial charge in [0.2, 0.25) is 0 Å². The molecule has 0 saturated heterocycles. The molecule has 7 heteroatoms. The number of amidine groups is 1. The predicted octanol–water partition coefficient (Wildman–Crippen LogP) is 4.10. The van der Waals surface area contributed by atoms with Crippen molar-refractivity contribution in [2.75, 3.05) is 0 Å². The first kappa shape index (κ1) is 20.7. The molecule has 31 heavy (non-hydrogen) atoms. The summed E-state index contributed by atoms with van der Waals surface area (Å²) in [5.41, 5.74) is 9.38. The molecule has 1 aliphatic rings. The number of carbonyl (C=O) groups excluding carboxylic acids is 3. The van der Waals surface area contributed by atoms with Gasteiger partial charge in [0.25, 0.3) is 17.7 Å². The summed E-state index contributed by atoms with van der Waals surface area (Å²) < 4.78 is 0.714. The number of nitrogens with two attached hydrogens (primary N) is 1. The van der Waals surface area contributed by atoms with E-state index in [4.69, 9.17) is 5.73 Å². The maximum absolute atomic E-state index is 12.7. The van der Waals surface area contributed by atoms with Crippen molar-refractivity contribution in [1.29, 1.82) is 0 Å². The average molecular weight is 476 g/mol. The van der Waals surface area contributed by atoms with E-state index in [2.05, 4.69) is 20.9 Å². The monoisotopic (exact) mass is 475 g/mol. The zero-order valence-corrected chi connectivity index (χ0v) is 18.2. The van der Waals surface area contributed by atoms with Crippen LogP contribution in [-0.2, 0) is 6.54 Å². The molecule has 0 aromatic heterocycles. The number of imide groups is 1. The number of amides is 3. The fourth-order valence-corrected chi connectivity index (χ4v) is 3.83. The molecule has 0 fully saturated rings. The number of halogens is 1. The normalized spacial score (nSPS) is 13.5. The van der Waals surface area contributed by atoms with Gasteiger partial charge in [-0.15, -0.1) is 0 Å². The van der Waals surface area contributed by atoms with Crippen molar-refractivity contribution in [3.63, 3.8) is 0 Å². The lowest BCUT2D eigenvalue weighted by Crippen LogP contribution is -2.29. The molecule has 1 heterocycles. The Morgan fingerprint density at radius 3 is 2.23 bits per heavy atom. The molecule has 2 N–H and O–H groups in total. The van der Waals surface area contributed by atoms with Gasteiger partial charge in [0.05, 0.1) is 17.7 Å². The fourth-order valence-electron chi connectivity index (χ4n) is 3.46. The van der Waals surface area contributed by atoms with E-state index in [0.29, 0.717) is 32.3 Å². The van der Waals surface area contributed by atoms with Crippen LogP contribution in [0.25, 0.3) is 0 Å². The third kappa shape index (κ3) is 3.92. The molecule has 3 aromatic rings. The van der Waals surface area contributed by atoms with Crippen LogP contribution in [-0.4, -0.2) is 28.5 Å². The minimum Gasteiger partial charge on any atom is -0.383 e. The highest BCUT2D eigenvalue weighted by Gasteiger charge is 2.35. The first-order chi connectivity index (χ1) is 14.9. The first-order valence-corrected chi connectivity index (χ1v) is 10.3. The van der Waals surface area contributed by atoms with Crippen LogP contribution in [0.2, 0.25) is 0 Å². The number of aliphatic imine (C=N–C) groups is 1. The molecule has 0 atom stereocenters. The summed E-state index contributed by atoms with van der Waals surface area (Å²) in [4.78, 5) is 43.1. The number of nitrogens with zero attached hydrogens (tertiary/aromatic N) is 2. The van der Waals surface area contributed by atoms with Crippen LogP contribution in [0.1, 0.15) is 47.8 Å². The summed E-state index contributed by atoms with van der Waals surface area (Å²) in [6, 6.07) is 19.1. The number of fused-ring (bicyclic) bond motifs is 1. The molecule has 0 bridgehead atoms. The fraction of sp³-hybridized carbons (Fsp3) is 0.0833. The van der Waals surface area contributed by atoms with Gasteiger partial charge in [-0.1, -0.05) is 52.3 Å². The van der Waals surface area contributed by atoms with Gasteiger partial charge < -0.3 is 5.73 Å². The molecule has 4 rings (SSSR count). The van der Waals surface area contributed by atoms with E-state index in [1.54, 1.807) is 54.6 Å². The van der Waals surface area contributed by atoms with E-state index >= 15 is 0 Å². The summed E-state index contributed by atoms with van der Waals surface area (Å²) in [7, 11) is 0. The molecule has 3 amide bonds. The Kier molecular flexibility index (Phi) is 5.52. The highest BCUT2D eigenvalue weighted by molar-refractivity contribution is 9.10. The van der Waals surface area contributed by atoms with Crippen molar-refractivity contribution < 1.29 is 14.4 Å². The van der Waals surface area contributed by atoms with E-state index < -0.39 is 5.91 Å². The lowest BCUT2D eigenvalue weighted by Gasteiger charge is -2.16. The third-order valence-electron chi connectivity index (χ3n) is 5.15. The summed E-state index contributed by atoms with van der Waals surface area (Å²) in [6.07, 6.45) is 0. The van der Waals surface area contributed by atoms with Crippen molar-refractivity contribution in [3.05, 3.63) is 105 Å². The maximum atomic E-state index is 12.7. The average Bonchev–Trinajstić information content (AvgIpc) is 3.00. The maximum Gasteiger partial charge on any atom is 0.279 e. The first-order valence-electron chi connectivity index (χ1n) is 9.55. The SMILES string of the molecule is Cc1ccccc1C(=O)N=C(N)c1ccc(Br)c(CN2C(=O)c3ccccc3C2=O)c1. The van der Waals surface area contributed by atoms with Crippen LogP contribution < -0.4 is 5.73 Å². The Bertz CT molecular complexity index is 1230. The lowest BCUT2D eigenvalue weighted by atomic mass is 10.1. The van der Waals surface area contributed by atoms with Crippen molar-refractivity contribution >= 4 is 39.5 Å². The van der Waals surface area contributed by atoms with E-state index in [-0.39, 0.29) is 24.2 Å². The number of hydrogen-bond acceptors (Lipinski definition) is 3. The van der Waals surface area contributed by atoms with Crippen LogP contribution >= 0.6 is 15.9 Å². The largest absolute Gasteiger partial charge is 0.383 e. The highest BCUT2D eigenvalue weighted by atomic mass is 79.9. The van der Waals surface area contributed by atoms with E-state index in [1.807, 2.05) is 19.1 Å². The summed E-state index contributed by atoms with van der Waals surface area (Å²) in [6.45, 7) is 1.90. The Morgan fingerprint density at radius 1 is 0.968 bits per heavy atom. The standard InChI is InChI=1S/C24H18BrN3O3/c1-14-6-2-3-7-17(14)22(29)27-21(26)15-10-11-20(25)16(12-15)13-28-23(30)18-8-4-5-9-19(18)24(28)31/h2-12H,13H2,1H3,(H2,26,27,29). The minimum absolute atomic E-state index is 0.0596. The van der Waals surface area contributed by atoms with Gasteiger partial charge in [-0.05, 0) is 48.4 Å².